The molecule has 0 aliphatic rings. The van der Waals surface area contributed by atoms with Crippen LogP contribution in [0, 0.1) is 5.82 Å². The zero-order chi connectivity index (χ0) is 20.5. The predicted octanol–water partition coefficient (Wildman–Crippen LogP) is 3.74. The average molecular weight is 384 g/mol. The van der Waals surface area contributed by atoms with E-state index in [9.17, 15) is 14.0 Å². The Kier molecular flexibility index (Phi) is 8.18. The molecule has 28 heavy (non-hydrogen) atoms. The van der Waals surface area contributed by atoms with E-state index in [2.05, 4.69) is 5.32 Å². The van der Waals surface area contributed by atoms with Crippen molar-refractivity contribution >= 4 is 11.8 Å². The van der Waals surface area contributed by atoms with Gasteiger partial charge in [0.2, 0.25) is 11.8 Å². The second-order valence-corrected chi connectivity index (χ2v) is 7.08. The number of amides is 2. The van der Waals surface area contributed by atoms with Crippen molar-refractivity contribution in [2.75, 3.05) is 6.54 Å². The van der Waals surface area contributed by atoms with E-state index in [1.807, 2.05) is 44.2 Å². The summed E-state index contributed by atoms with van der Waals surface area (Å²) in [6.07, 6.45) is 1.37. The quantitative estimate of drug-likeness (QED) is 0.716. The predicted molar refractivity (Wildman–Crippen MR) is 109 cm³/mol. The molecular formula is C23H29FN2O2. The van der Waals surface area contributed by atoms with Gasteiger partial charge in [-0.25, -0.2) is 4.39 Å². The van der Waals surface area contributed by atoms with Crippen LogP contribution in [-0.2, 0) is 22.4 Å². The third-order valence-corrected chi connectivity index (χ3v) is 4.95. The molecule has 2 atom stereocenters. The molecule has 0 fully saturated rings. The van der Waals surface area contributed by atoms with Gasteiger partial charge in [-0.05, 0) is 43.9 Å². The lowest BCUT2D eigenvalue weighted by atomic mass is 10.1. The van der Waals surface area contributed by atoms with Crippen LogP contribution in [0.15, 0.2) is 54.6 Å². The fourth-order valence-corrected chi connectivity index (χ4v) is 2.94. The van der Waals surface area contributed by atoms with Gasteiger partial charge in [-0.15, -0.1) is 0 Å². The summed E-state index contributed by atoms with van der Waals surface area (Å²) >= 11 is 0. The molecule has 0 saturated heterocycles. The van der Waals surface area contributed by atoms with Crippen LogP contribution in [0.3, 0.4) is 0 Å². The van der Waals surface area contributed by atoms with E-state index in [0.717, 1.165) is 12.0 Å². The summed E-state index contributed by atoms with van der Waals surface area (Å²) < 4.78 is 14.0. The third kappa shape index (κ3) is 6.19. The molecule has 0 bridgehead atoms. The summed E-state index contributed by atoms with van der Waals surface area (Å²) in [6, 6.07) is 15.5. The monoisotopic (exact) mass is 384 g/mol. The van der Waals surface area contributed by atoms with Gasteiger partial charge in [0.05, 0.1) is 6.42 Å². The van der Waals surface area contributed by atoms with Gasteiger partial charge in [-0.2, -0.15) is 0 Å². The molecule has 0 aliphatic carbocycles. The molecule has 2 rings (SSSR count). The molecule has 0 aliphatic heterocycles. The molecule has 0 heterocycles. The molecule has 2 aromatic rings. The third-order valence-electron chi connectivity index (χ3n) is 4.95. The number of carbonyl (C=O) groups is 2. The molecule has 2 aromatic carbocycles. The Morgan fingerprint density at radius 3 is 2.32 bits per heavy atom. The highest BCUT2D eigenvalue weighted by Crippen LogP contribution is 2.12. The van der Waals surface area contributed by atoms with Crippen LogP contribution in [0.4, 0.5) is 4.39 Å². The first kappa shape index (κ1) is 21.6. The van der Waals surface area contributed by atoms with E-state index in [0.29, 0.717) is 18.5 Å². The topological polar surface area (TPSA) is 49.4 Å². The van der Waals surface area contributed by atoms with Crippen LogP contribution in [0.2, 0.25) is 0 Å². The van der Waals surface area contributed by atoms with E-state index in [1.165, 1.54) is 6.07 Å². The zero-order valence-corrected chi connectivity index (χ0v) is 16.8. The number of hydrogen-bond donors (Lipinski definition) is 1. The summed E-state index contributed by atoms with van der Waals surface area (Å²) in [6.45, 7) is 6.04. The Morgan fingerprint density at radius 2 is 1.68 bits per heavy atom. The molecule has 4 nitrogen and oxygen atoms in total. The van der Waals surface area contributed by atoms with Crippen LogP contribution in [0.25, 0.3) is 0 Å². The fraction of sp³-hybridized carbons (Fsp3) is 0.391. The first-order valence-electron chi connectivity index (χ1n) is 9.79. The van der Waals surface area contributed by atoms with E-state index in [4.69, 9.17) is 0 Å². The van der Waals surface area contributed by atoms with Gasteiger partial charge in [0.1, 0.15) is 11.9 Å². The van der Waals surface area contributed by atoms with Crippen molar-refractivity contribution in [3.8, 4) is 0 Å². The molecule has 150 valence electrons. The summed E-state index contributed by atoms with van der Waals surface area (Å²) in [4.78, 5) is 27.1. The van der Waals surface area contributed by atoms with E-state index in [-0.39, 0.29) is 24.3 Å². The Hall–Kier alpha value is -2.69. The second kappa shape index (κ2) is 10.6. The summed E-state index contributed by atoms with van der Waals surface area (Å²) in [5.41, 5.74) is 1.42. The maximum atomic E-state index is 14.0. The second-order valence-electron chi connectivity index (χ2n) is 7.08. The van der Waals surface area contributed by atoms with Crippen LogP contribution >= 0.6 is 0 Å². The van der Waals surface area contributed by atoms with Crippen LogP contribution in [0.1, 0.15) is 38.3 Å². The van der Waals surface area contributed by atoms with Gasteiger partial charge in [0.25, 0.3) is 0 Å². The minimum Gasteiger partial charge on any atom is -0.352 e. The molecule has 2 unspecified atom stereocenters. The molecule has 2 amide bonds. The molecule has 0 radical (unpaired) electrons. The summed E-state index contributed by atoms with van der Waals surface area (Å²) in [5, 5.41) is 2.93. The Bertz CT molecular complexity index is 779. The Labute approximate surface area is 166 Å². The van der Waals surface area contributed by atoms with Crippen molar-refractivity contribution in [3.63, 3.8) is 0 Å². The first-order chi connectivity index (χ1) is 13.4. The zero-order valence-electron chi connectivity index (χ0n) is 16.8. The van der Waals surface area contributed by atoms with Crippen molar-refractivity contribution < 1.29 is 14.0 Å². The van der Waals surface area contributed by atoms with Gasteiger partial charge >= 0.3 is 0 Å². The maximum Gasteiger partial charge on any atom is 0.242 e. The Balaban J connectivity index is 2.15. The van der Waals surface area contributed by atoms with Crippen molar-refractivity contribution in [3.05, 3.63) is 71.5 Å². The number of benzene rings is 2. The smallest absolute Gasteiger partial charge is 0.242 e. The lowest BCUT2D eigenvalue weighted by molar-refractivity contribution is -0.139. The Morgan fingerprint density at radius 1 is 1.04 bits per heavy atom. The van der Waals surface area contributed by atoms with Gasteiger partial charge in [-0.3, -0.25) is 9.59 Å². The van der Waals surface area contributed by atoms with Gasteiger partial charge in [0, 0.05) is 12.6 Å². The molecule has 0 spiro atoms. The molecule has 0 aromatic heterocycles. The maximum absolute atomic E-state index is 14.0. The van der Waals surface area contributed by atoms with Crippen LogP contribution in [0.5, 0.6) is 0 Å². The fourth-order valence-electron chi connectivity index (χ4n) is 2.94. The van der Waals surface area contributed by atoms with E-state index >= 15 is 0 Å². The molecule has 1 N–H and O–H groups in total. The number of carbonyl (C=O) groups excluding carboxylic acids is 2. The van der Waals surface area contributed by atoms with Gasteiger partial charge < -0.3 is 10.2 Å². The lowest BCUT2D eigenvalue weighted by Gasteiger charge is -2.29. The summed E-state index contributed by atoms with van der Waals surface area (Å²) in [5.74, 6) is -0.854. The first-order valence-corrected chi connectivity index (χ1v) is 9.79. The van der Waals surface area contributed by atoms with E-state index < -0.39 is 11.9 Å². The molecule has 5 heteroatoms. The van der Waals surface area contributed by atoms with Crippen molar-refractivity contribution in [2.24, 2.45) is 0 Å². The highest BCUT2D eigenvalue weighted by atomic mass is 19.1. The number of halogens is 1. The minimum absolute atomic E-state index is 0.0348. The van der Waals surface area contributed by atoms with Crippen LogP contribution in [-0.4, -0.2) is 35.3 Å². The van der Waals surface area contributed by atoms with Crippen LogP contribution < -0.4 is 5.32 Å². The van der Waals surface area contributed by atoms with Crippen molar-refractivity contribution in [1.82, 2.24) is 10.2 Å². The normalized spacial score (nSPS) is 12.9. The minimum atomic E-state index is -0.628. The molecular weight excluding hydrogens is 355 g/mol. The number of hydrogen-bond acceptors (Lipinski definition) is 2. The van der Waals surface area contributed by atoms with E-state index in [1.54, 1.807) is 30.0 Å². The van der Waals surface area contributed by atoms with Gasteiger partial charge in [-0.1, -0.05) is 55.5 Å². The van der Waals surface area contributed by atoms with Crippen molar-refractivity contribution in [1.29, 1.82) is 0 Å². The van der Waals surface area contributed by atoms with Crippen molar-refractivity contribution in [2.45, 2.75) is 52.1 Å². The summed E-state index contributed by atoms with van der Waals surface area (Å²) in [7, 11) is 0. The largest absolute Gasteiger partial charge is 0.352 e. The number of nitrogens with one attached hydrogen (secondary N) is 1. The standard InChI is InChI=1S/C23H29FN2O2/c1-4-17(2)25-23(28)18(3)26(15-14-19-10-6-5-7-11-19)22(27)16-20-12-8-9-13-21(20)24/h5-13,17-18H,4,14-16H2,1-3H3,(H,25,28). The number of nitrogens with zero attached hydrogens (tertiary/aromatic N) is 1. The highest BCUT2D eigenvalue weighted by Gasteiger charge is 2.26. The highest BCUT2D eigenvalue weighted by molar-refractivity contribution is 5.88. The van der Waals surface area contributed by atoms with Gasteiger partial charge in [0.15, 0.2) is 0 Å². The number of rotatable bonds is 9. The average Bonchev–Trinajstić information content (AvgIpc) is 2.70. The molecule has 0 saturated carbocycles. The lowest BCUT2D eigenvalue weighted by Crippen LogP contribution is -2.51. The SMILES string of the molecule is CCC(C)NC(=O)C(C)N(CCc1ccccc1)C(=O)Cc1ccccc1F.